The van der Waals surface area contributed by atoms with Crippen LogP contribution in [0.15, 0.2) is 30.3 Å². The number of amides is 1. The highest BCUT2D eigenvalue weighted by Gasteiger charge is 2.29. The van der Waals surface area contributed by atoms with E-state index in [4.69, 9.17) is 5.73 Å². The summed E-state index contributed by atoms with van der Waals surface area (Å²) in [6.45, 7) is 2.16. The lowest BCUT2D eigenvalue weighted by Gasteiger charge is -2.33. The fourth-order valence-electron chi connectivity index (χ4n) is 3.36. The molecule has 0 radical (unpaired) electrons. The number of carbonyl (C=O) groups excluding carboxylic acids is 1. The van der Waals surface area contributed by atoms with E-state index < -0.39 is 0 Å². The van der Waals surface area contributed by atoms with E-state index in [2.05, 4.69) is 31.2 Å². The van der Waals surface area contributed by atoms with E-state index >= 15 is 0 Å². The molecule has 1 fully saturated rings. The van der Waals surface area contributed by atoms with Crippen LogP contribution in [-0.4, -0.2) is 29.9 Å². The quantitative estimate of drug-likeness (QED) is 0.902. The average Bonchev–Trinajstić information content (AvgIpc) is 2.52. The van der Waals surface area contributed by atoms with E-state index in [-0.39, 0.29) is 36.3 Å². The van der Waals surface area contributed by atoms with Crippen LogP contribution in [-0.2, 0) is 11.2 Å². The molecule has 2 rings (SSSR count). The number of nitrogens with two attached hydrogens (primary N) is 1. The highest BCUT2D eigenvalue weighted by Crippen LogP contribution is 2.26. The van der Waals surface area contributed by atoms with E-state index in [0.717, 1.165) is 38.5 Å². The van der Waals surface area contributed by atoms with Crippen LogP contribution in [0.3, 0.4) is 0 Å². The van der Waals surface area contributed by atoms with Crippen molar-refractivity contribution in [2.24, 2.45) is 11.7 Å². The van der Waals surface area contributed by atoms with Crippen molar-refractivity contribution in [3.63, 3.8) is 0 Å². The van der Waals surface area contributed by atoms with Gasteiger partial charge in [-0.05, 0) is 37.7 Å². The van der Waals surface area contributed by atoms with E-state index in [1.165, 1.54) is 5.56 Å². The SMILES string of the molecule is CCC(Cc1ccccc1)N(C)C(=O)C1CCCC(N)C1.Cl. The molecule has 1 aliphatic rings. The summed E-state index contributed by atoms with van der Waals surface area (Å²) in [5.74, 6) is 0.413. The minimum atomic E-state index is 0. The van der Waals surface area contributed by atoms with Crippen molar-refractivity contribution in [3.8, 4) is 0 Å². The zero-order chi connectivity index (χ0) is 15.2. The van der Waals surface area contributed by atoms with Gasteiger partial charge in [-0.15, -0.1) is 12.4 Å². The zero-order valence-electron chi connectivity index (χ0n) is 13.7. The lowest BCUT2D eigenvalue weighted by Crippen LogP contribution is -2.44. The molecule has 3 unspecified atom stereocenters. The first kappa shape index (κ1) is 19.0. The Bertz CT molecular complexity index is 452. The van der Waals surface area contributed by atoms with E-state index in [1.54, 1.807) is 0 Å². The molecule has 0 aromatic heterocycles. The molecule has 22 heavy (non-hydrogen) atoms. The van der Waals surface area contributed by atoms with Crippen molar-refractivity contribution in [1.29, 1.82) is 0 Å². The monoisotopic (exact) mass is 324 g/mol. The van der Waals surface area contributed by atoms with Crippen molar-refractivity contribution >= 4 is 18.3 Å². The van der Waals surface area contributed by atoms with E-state index in [9.17, 15) is 4.79 Å². The summed E-state index contributed by atoms with van der Waals surface area (Å²) in [6, 6.07) is 10.9. The fraction of sp³-hybridized carbons (Fsp3) is 0.611. The molecule has 1 aliphatic carbocycles. The normalized spacial score (nSPS) is 22.5. The summed E-state index contributed by atoms with van der Waals surface area (Å²) in [4.78, 5) is 14.7. The minimum Gasteiger partial charge on any atom is -0.342 e. The van der Waals surface area contributed by atoms with E-state index in [1.807, 2.05) is 18.0 Å². The van der Waals surface area contributed by atoms with Gasteiger partial charge in [0, 0.05) is 25.0 Å². The maximum absolute atomic E-state index is 12.7. The zero-order valence-corrected chi connectivity index (χ0v) is 14.5. The second-order valence-corrected chi connectivity index (χ2v) is 6.32. The molecule has 2 N–H and O–H groups in total. The first-order valence-corrected chi connectivity index (χ1v) is 8.18. The molecule has 0 bridgehead atoms. The van der Waals surface area contributed by atoms with Gasteiger partial charge in [-0.1, -0.05) is 43.7 Å². The van der Waals surface area contributed by atoms with Gasteiger partial charge in [0.15, 0.2) is 0 Å². The number of carbonyl (C=O) groups is 1. The van der Waals surface area contributed by atoms with Crippen LogP contribution in [0.2, 0.25) is 0 Å². The Morgan fingerprint density at radius 3 is 2.59 bits per heavy atom. The van der Waals surface area contributed by atoms with Crippen molar-refractivity contribution in [1.82, 2.24) is 4.90 Å². The van der Waals surface area contributed by atoms with Crippen LogP contribution >= 0.6 is 12.4 Å². The molecule has 0 heterocycles. The lowest BCUT2D eigenvalue weighted by atomic mass is 9.85. The van der Waals surface area contributed by atoms with Gasteiger partial charge >= 0.3 is 0 Å². The van der Waals surface area contributed by atoms with Gasteiger partial charge < -0.3 is 10.6 Å². The maximum atomic E-state index is 12.7. The highest BCUT2D eigenvalue weighted by atomic mass is 35.5. The van der Waals surface area contributed by atoms with Crippen LogP contribution < -0.4 is 5.73 Å². The summed E-state index contributed by atoms with van der Waals surface area (Å²) >= 11 is 0. The molecule has 1 amide bonds. The Balaban J connectivity index is 0.00000242. The molecule has 0 spiro atoms. The number of benzene rings is 1. The highest BCUT2D eigenvalue weighted by molar-refractivity contribution is 5.85. The van der Waals surface area contributed by atoms with Crippen molar-refractivity contribution < 1.29 is 4.79 Å². The molecular weight excluding hydrogens is 296 g/mol. The molecule has 3 nitrogen and oxygen atoms in total. The molecule has 124 valence electrons. The van der Waals surface area contributed by atoms with Gasteiger partial charge in [-0.3, -0.25) is 4.79 Å². The molecule has 1 aromatic carbocycles. The maximum Gasteiger partial charge on any atom is 0.225 e. The summed E-state index contributed by atoms with van der Waals surface area (Å²) in [5, 5.41) is 0. The number of likely N-dealkylation sites (N-methyl/N-ethyl adjacent to an activating group) is 1. The topological polar surface area (TPSA) is 46.3 Å². The number of hydrogen-bond donors (Lipinski definition) is 1. The van der Waals surface area contributed by atoms with Crippen LogP contribution in [0, 0.1) is 5.92 Å². The molecule has 3 atom stereocenters. The number of rotatable bonds is 5. The summed E-state index contributed by atoms with van der Waals surface area (Å²) < 4.78 is 0. The van der Waals surface area contributed by atoms with Crippen LogP contribution in [0.4, 0.5) is 0 Å². The number of hydrogen-bond acceptors (Lipinski definition) is 2. The Morgan fingerprint density at radius 1 is 1.32 bits per heavy atom. The van der Waals surface area contributed by atoms with Gasteiger partial charge in [0.2, 0.25) is 5.91 Å². The largest absolute Gasteiger partial charge is 0.342 e. The predicted molar refractivity (Wildman–Crippen MR) is 94.2 cm³/mol. The molecule has 0 saturated heterocycles. The smallest absolute Gasteiger partial charge is 0.225 e. The molecule has 0 aliphatic heterocycles. The Hall–Kier alpha value is -1.06. The number of nitrogens with zero attached hydrogens (tertiary/aromatic N) is 1. The molecule has 4 heteroatoms. The number of halogens is 1. The molecular formula is C18H29ClN2O. The van der Waals surface area contributed by atoms with E-state index in [0.29, 0.717) is 0 Å². The third-order valence-electron chi connectivity index (χ3n) is 4.74. The van der Waals surface area contributed by atoms with Gasteiger partial charge in [0.05, 0.1) is 0 Å². The van der Waals surface area contributed by atoms with Gasteiger partial charge in [0.1, 0.15) is 0 Å². The van der Waals surface area contributed by atoms with Gasteiger partial charge in [-0.2, -0.15) is 0 Å². The fourth-order valence-corrected chi connectivity index (χ4v) is 3.36. The summed E-state index contributed by atoms with van der Waals surface area (Å²) in [6.07, 6.45) is 5.91. The third-order valence-corrected chi connectivity index (χ3v) is 4.74. The summed E-state index contributed by atoms with van der Waals surface area (Å²) in [5.41, 5.74) is 7.32. The van der Waals surface area contributed by atoms with Crippen molar-refractivity contribution in [2.45, 2.75) is 57.5 Å². The van der Waals surface area contributed by atoms with Gasteiger partial charge in [0.25, 0.3) is 0 Å². The second-order valence-electron chi connectivity index (χ2n) is 6.32. The van der Waals surface area contributed by atoms with Crippen LogP contribution in [0.1, 0.15) is 44.6 Å². The van der Waals surface area contributed by atoms with Crippen molar-refractivity contribution in [2.75, 3.05) is 7.05 Å². The minimum absolute atomic E-state index is 0. The first-order valence-electron chi connectivity index (χ1n) is 8.18. The predicted octanol–water partition coefficient (Wildman–Crippen LogP) is 3.41. The van der Waals surface area contributed by atoms with Crippen LogP contribution in [0.25, 0.3) is 0 Å². The third kappa shape index (κ3) is 4.99. The van der Waals surface area contributed by atoms with Crippen LogP contribution in [0.5, 0.6) is 0 Å². The molecule has 1 saturated carbocycles. The first-order chi connectivity index (χ1) is 10.1. The molecule has 1 aromatic rings. The lowest BCUT2D eigenvalue weighted by molar-refractivity contribution is -0.137. The average molecular weight is 325 g/mol. The second kappa shape index (κ2) is 9.16. The van der Waals surface area contributed by atoms with Gasteiger partial charge in [-0.25, -0.2) is 0 Å². The summed E-state index contributed by atoms with van der Waals surface area (Å²) in [7, 11) is 1.96. The Kier molecular flexibility index (Phi) is 7.91. The van der Waals surface area contributed by atoms with Crippen molar-refractivity contribution in [3.05, 3.63) is 35.9 Å². The Morgan fingerprint density at radius 2 is 2.00 bits per heavy atom. The standard InChI is InChI=1S/C18H28N2O.ClH/c1-3-17(12-14-8-5-4-6-9-14)20(2)18(21)15-10-7-11-16(19)13-15;/h4-6,8-9,15-17H,3,7,10-13,19H2,1-2H3;1H. The Labute approximate surface area is 140 Å².